The normalized spacial score (nSPS) is 16.8. The zero-order valence-electron chi connectivity index (χ0n) is 21.3. The third kappa shape index (κ3) is 5.56. The van der Waals surface area contributed by atoms with Crippen molar-refractivity contribution in [2.45, 2.75) is 29.5 Å². The molecule has 0 bridgehead atoms. The zero-order chi connectivity index (χ0) is 30.1. The van der Waals surface area contributed by atoms with E-state index in [0.717, 1.165) is 29.2 Å². The maximum Gasteiger partial charge on any atom is 0.289 e. The molecule has 1 unspecified atom stereocenters. The van der Waals surface area contributed by atoms with Crippen LogP contribution in [-0.2, 0) is 9.59 Å². The number of amides is 1. The van der Waals surface area contributed by atoms with Crippen molar-refractivity contribution in [3.05, 3.63) is 90.6 Å². The number of halogens is 3. The molecular weight excluding hydrogens is 628 g/mol. The fraction of sp³-hybridized carbons (Fsp3) is 0.192. The molecule has 214 valence electrons. The van der Waals surface area contributed by atoms with Crippen molar-refractivity contribution in [3.8, 4) is 6.07 Å². The summed E-state index contributed by atoms with van der Waals surface area (Å²) in [7, 11) is 0. The molecule has 3 N–H and O–H groups in total. The minimum absolute atomic E-state index is 0.00612. The van der Waals surface area contributed by atoms with Crippen molar-refractivity contribution in [1.29, 1.82) is 5.26 Å². The number of rotatable bonds is 7. The lowest BCUT2D eigenvalue weighted by molar-refractivity contribution is -0.384. The van der Waals surface area contributed by atoms with Gasteiger partial charge in [0.05, 0.1) is 28.2 Å². The fourth-order valence-corrected chi connectivity index (χ4v) is 6.93. The van der Waals surface area contributed by atoms with Crippen LogP contribution < -0.4 is 16.0 Å². The Labute approximate surface area is 255 Å². The summed E-state index contributed by atoms with van der Waals surface area (Å²) in [6.45, 7) is 0. The monoisotopic (exact) mass is 645 g/mol. The van der Waals surface area contributed by atoms with Crippen LogP contribution in [0.15, 0.2) is 63.4 Å². The Balaban J connectivity index is 1.41. The van der Waals surface area contributed by atoms with Crippen molar-refractivity contribution in [3.63, 3.8) is 0 Å². The van der Waals surface area contributed by atoms with Gasteiger partial charge in [-0.15, -0.1) is 10.2 Å². The molecule has 0 saturated carbocycles. The van der Waals surface area contributed by atoms with E-state index < -0.39 is 22.6 Å². The molecule has 3 aromatic rings. The molecule has 5 rings (SSSR count). The van der Waals surface area contributed by atoms with Gasteiger partial charge in [-0.25, -0.2) is 4.39 Å². The highest BCUT2D eigenvalue weighted by Gasteiger charge is 2.43. The lowest BCUT2D eigenvalue weighted by Gasteiger charge is -2.38. The molecule has 1 atom stereocenters. The molecule has 2 aromatic carbocycles. The standard InChI is InChI=1S/C26H18Cl2FN7O4S2/c27-14-8-7-12(9-18(14)36(39)40)32-20(38)11-41-26-34-33-25(42-26)35-17-5-2-6-19(37)23(17)21(13(10-30)24(35)31)22-15(28)3-1-4-16(22)29/h1,3-4,7-9,21H,2,5-6,11,31H2,(H,32,38). The van der Waals surface area contributed by atoms with E-state index in [9.17, 15) is 25.0 Å². The van der Waals surface area contributed by atoms with Gasteiger partial charge < -0.3 is 11.1 Å². The van der Waals surface area contributed by atoms with Gasteiger partial charge in [0.2, 0.25) is 11.0 Å². The Morgan fingerprint density at radius 2 is 2.07 bits per heavy atom. The molecule has 16 heteroatoms. The number of Topliss-reactive ketones (excluding diaryl/α,β-unsaturated/α-hetero) is 1. The average molecular weight is 647 g/mol. The number of ketones is 1. The molecule has 1 aliphatic heterocycles. The van der Waals surface area contributed by atoms with Gasteiger partial charge >= 0.3 is 0 Å². The lowest BCUT2D eigenvalue weighted by Crippen LogP contribution is -2.39. The summed E-state index contributed by atoms with van der Waals surface area (Å²) in [6.07, 6.45) is 1.15. The molecule has 11 nitrogen and oxygen atoms in total. The van der Waals surface area contributed by atoms with Crippen LogP contribution in [-0.4, -0.2) is 32.6 Å². The summed E-state index contributed by atoms with van der Waals surface area (Å²) in [5, 5.41) is 32.4. The van der Waals surface area contributed by atoms with E-state index >= 15 is 4.39 Å². The Hall–Kier alpha value is -4.03. The third-order valence-electron chi connectivity index (χ3n) is 6.54. The first-order chi connectivity index (χ1) is 20.1. The molecule has 1 aliphatic carbocycles. The Morgan fingerprint density at radius 3 is 2.79 bits per heavy atom. The molecule has 0 fully saturated rings. The van der Waals surface area contributed by atoms with Crippen molar-refractivity contribution in [2.75, 3.05) is 16.0 Å². The second-order valence-corrected chi connectivity index (χ2v) is 12.1. The Bertz CT molecular complexity index is 1730. The van der Waals surface area contributed by atoms with Crippen LogP contribution in [0.1, 0.15) is 30.7 Å². The van der Waals surface area contributed by atoms with E-state index in [0.29, 0.717) is 22.9 Å². The number of allylic oxidation sites excluding steroid dienone is 3. The van der Waals surface area contributed by atoms with Gasteiger partial charge in [-0.3, -0.25) is 24.6 Å². The smallest absolute Gasteiger partial charge is 0.289 e. The largest absolute Gasteiger partial charge is 0.384 e. The number of nitrogens with one attached hydrogen (secondary N) is 1. The van der Waals surface area contributed by atoms with Crippen molar-refractivity contribution in [2.24, 2.45) is 5.73 Å². The lowest BCUT2D eigenvalue weighted by atomic mass is 9.75. The van der Waals surface area contributed by atoms with E-state index in [1.807, 2.05) is 6.07 Å². The molecule has 2 heterocycles. The van der Waals surface area contributed by atoms with E-state index in [1.54, 1.807) is 0 Å². The van der Waals surface area contributed by atoms with E-state index in [4.69, 9.17) is 28.9 Å². The number of nitrogens with two attached hydrogens (primary N) is 1. The molecule has 42 heavy (non-hydrogen) atoms. The van der Waals surface area contributed by atoms with Crippen molar-refractivity contribution < 1.29 is 18.9 Å². The number of aromatic nitrogens is 2. The van der Waals surface area contributed by atoms with Crippen molar-refractivity contribution in [1.82, 2.24) is 10.2 Å². The quantitative estimate of drug-likeness (QED) is 0.178. The topological polar surface area (TPSA) is 168 Å². The SMILES string of the molecule is N#CC1=C(N)N(c2nnc(SCC(=O)Nc3ccc(Cl)c([N+](=O)[O-])c3)s2)C2=C(C(=O)CCC2)C1c1c(F)cccc1Cl. The van der Waals surface area contributed by atoms with Gasteiger partial charge in [0.25, 0.3) is 5.69 Å². The number of anilines is 2. The summed E-state index contributed by atoms with van der Waals surface area (Å²) < 4.78 is 15.4. The maximum absolute atomic E-state index is 15.0. The molecule has 1 aromatic heterocycles. The number of thioether (sulfide) groups is 1. The van der Waals surface area contributed by atoms with Crippen LogP contribution in [0, 0.1) is 27.3 Å². The fourth-order valence-electron chi connectivity index (χ4n) is 4.79. The number of carbonyl (C=O) groups is 2. The second kappa shape index (κ2) is 12.1. The number of carbonyl (C=O) groups excluding carboxylic acids is 2. The van der Waals surface area contributed by atoms with Crippen LogP contribution in [0.5, 0.6) is 0 Å². The highest BCUT2D eigenvalue weighted by Crippen LogP contribution is 2.49. The first kappa shape index (κ1) is 29.5. The molecule has 1 amide bonds. The van der Waals surface area contributed by atoms with Gasteiger partial charge in [-0.1, -0.05) is 52.4 Å². The zero-order valence-corrected chi connectivity index (χ0v) is 24.4. The minimum atomic E-state index is -1.07. The van der Waals surface area contributed by atoms with Crippen molar-refractivity contribution >= 4 is 74.5 Å². The predicted molar refractivity (Wildman–Crippen MR) is 157 cm³/mol. The van der Waals surface area contributed by atoms with E-state index in [-0.39, 0.29) is 67.0 Å². The third-order valence-corrected chi connectivity index (χ3v) is 9.23. The number of nitro groups is 1. The second-order valence-electron chi connectivity index (χ2n) is 9.06. The molecular formula is C26H18Cl2FN7O4S2. The Kier molecular flexibility index (Phi) is 8.46. The maximum atomic E-state index is 15.0. The van der Waals surface area contributed by atoms with Gasteiger partial charge in [-0.2, -0.15) is 5.26 Å². The predicted octanol–water partition coefficient (Wildman–Crippen LogP) is 5.93. The number of hydrogen-bond donors (Lipinski definition) is 2. The number of benzene rings is 2. The van der Waals surface area contributed by atoms with Crippen LogP contribution in [0.2, 0.25) is 10.0 Å². The molecule has 0 spiro atoms. The van der Waals surface area contributed by atoms with Crippen LogP contribution in [0.3, 0.4) is 0 Å². The highest BCUT2D eigenvalue weighted by molar-refractivity contribution is 8.01. The van der Waals surface area contributed by atoms with Gasteiger partial charge in [0, 0.05) is 40.0 Å². The molecule has 0 radical (unpaired) electrons. The Morgan fingerprint density at radius 1 is 1.29 bits per heavy atom. The van der Waals surface area contributed by atoms with Crippen LogP contribution in [0.4, 0.5) is 20.9 Å². The van der Waals surface area contributed by atoms with Crippen LogP contribution >= 0.6 is 46.3 Å². The summed E-state index contributed by atoms with van der Waals surface area (Å²) in [6, 6.07) is 10.1. The number of nitriles is 1. The van der Waals surface area contributed by atoms with E-state index in [2.05, 4.69) is 15.5 Å². The van der Waals surface area contributed by atoms with Gasteiger partial charge in [0.1, 0.15) is 16.7 Å². The average Bonchev–Trinajstić information content (AvgIpc) is 3.41. The first-order valence-electron chi connectivity index (χ1n) is 12.2. The van der Waals surface area contributed by atoms with Crippen LogP contribution in [0.25, 0.3) is 0 Å². The van der Waals surface area contributed by atoms with Gasteiger partial charge in [-0.05, 0) is 37.1 Å². The summed E-state index contributed by atoms with van der Waals surface area (Å²) in [5.41, 5.74) is 7.04. The number of nitro benzene ring substituents is 1. The number of hydrogen-bond acceptors (Lipinski definition) is 11. The summed E-state index contributed by atoms with van der Waals surface area (Å²) >= 11 is 14.3. The highest BCUT2D eigenvalue weighted by atomic mass is 35.5. The summed E-state index contributed by atoms with van der Waals surface area (Å²) in [4.78, 5) is 37.7. The first-order valence-corrected chi connectivity index (χ1v) is 14.8. The molecule has 0 saturated heterocycles. The molecule has 2 aliphatic rings. The number of nitrogens with zero attached hydrogens (tertiary/aromatic N) is 5. The van der Waals surface area contributed by atoms with Gasteiger partial charge in [0.15, 0.2) is 10.1 Å². The summed E-state index contributed by atoms with van der Waals surface area (Å²) in [5.74, 6) is -2.55. The minimum Gasteiger partial charge on any atom is -0.384 e. The van der Waals surface area contributed by atoms with E-state index in [1.165, 1.54) is 35.2 Å².